The van der Waals surface area contributed by atoms with Crippen molar-refractivity contribution in [2.45, 2.75) is 31.7 Å². The number of amides is 1. The number of hydrazone groups is 1. The molecule has 8 nitrogen and oxygen atoms in total. The van der Waals surface area contributed by atoms with Crippen molar-refractivity contribution in [2.75, 3.05) is 21.3 Å². The average molecular weight is 426 g/mol. The highest BCUT2D eigenvalue weighted by Gasteiger charge is 2.34. The van der Waals surface area contributed by atoms with E-state index in [9.17, 15) is 9.59 Å². The first kappa shape index (κ1) is 22.1. The monoisotopic (exact) mass is 426 g/mol. The van der Waals surface area contributed by atoms with Gasteiger partial charge in [0.2, 0.25) is 5.91 Å². The molecular weight excluding hydrogens is 400 g/mol. The van der Waals surface area contributed by atoms with Crippen LogP contribution in [0.25, 0.3) is 0 Å². The number of hydrogen-bond donors (Lipinski definition) is 1. The lowest BCUT2D eigenvalue weighted by atomic mass is 9.97. The second kappa shape index (κ2) is 9.97. The minimum atomic E-state index is -0.926. The van der Waals surface area contributed by atoms with Crippen molar-refractivity contribution < 1.29 is 28.9 Å². The number of carbonyl (C=O) groups is 2. The minimum Gasteiger partial charge on any atom is -0.497 e. The molecule has 0 fully saturated rings. The van der Waals surface area contributed by atoms with Gasteiger partial charge in [-0.1, -0.05) is 0 Å². The van der Waals surface area contributed by atoms with Gasteiger partial charge >= 0.3 is 5.97 Å². The molecule has 1 heterocycles. The molecule has 164 valence electrons. The maximum Gasteiger partial charge on any atom is 0.303 e. The lowest BCUT2D eigenvalue weighted by Crippen LogP contribution is -2.27. The molecule has 0 spiro atoms. The summed E-state index contributed by atoms with van der Waals surface area (Å²) in [6.45, 7) is 0. The summed E-state index contributed by atoms with van der Waals surface area (Å²) in [5, 5.41) is 14.9. The molecule has 0 aliphatic carbocycles. The van der Waals surface area contributed by atoms with E-state index in [1.807, 2.05) is 36.4 Å². The van der Waals surface area contributed by atoms with Crippen LogP contribution in [-0.4, -0.2) is 49.0 Å². The topological polar surface area (TPSA) is 97.7 Å². The van der Waals surface area contributed by atoms with Crippen LogP contribution in [0, 0.1) is 0 Å². The fourth-order valence-electron chi connectivity index (χ4n) is 3.54. The third kappa shape index (κ3) is 5.14. The molecule has 8 heteroatoms. The lowest BCUT2D eigenvalue weighted by molar-refractivity contribution is -0.137. The molecule has 3 rings (SSSR count). The third-order valence-electron chi connectivity index (χ3n) is 5.17. The first-order valence-corrected chi connectivity index (χ1v) is 9.94. The Morgan fingerprint density at radius 1 is 1.00 bits per heavy atom. The van der Waals surface area contributed by atoms with E-state index in [1.165, 1.54) is 5.01 Å². The van der Waals surface area contributed by atoms with E-state index >= 15 is 0 Å². The Kier molecular flexibility index (Phi) is 7.12. The Morgan fingerprint density at radius 2 is 1.68 bits per heavy atom. The summed E-state index contributed by atoms with van der Waals surface area (Å²) in [5.74, 6) is 0.822. The van der Waals surface area contributed by atoms with Gasteiger partial charge < -0.3 is 19.3 Å². The maximum atomic E-state index is 13.0. The summed E-state index contributed by atoms with van der Waals surface area (Å²) in [4.78, 5) is 23.8. The summed E-state index contributed by atoms with van der Waals surface area (Å²) in [7, 11) is 4.75. The summed E-state index contributed by atoms with van der Waals surface area (Å²) < 4.78 is 16.0. The molecule has 2 aromatic rings. The Bertz CT molecular complexity index is 971. The smallest absolute Gasteiger partial charge is 0.303 e. The van der Waals surface area contributed by atoms with Gasteiger partial charge in [0.25, 0.3) is 0 Å². The predicted octanol–water partition coefficient (Wildman–Crippen LogP) is 3.65. The van der Waals surface area contributed by atoms with Crippen LogP contribution in [-0.2, 0) is 9.59 Å². The van der Waals surface area contributed by atoms with Crippen LogP contribution in [0.1, 0.15) is 42.9 Å². The number of carbonyl (C=O) groups excluding carboxylic acids is 1. The number of carboxylic acids is 1. The number of nitrogens with zero attached hydrogens (tertiary/aromatic N) is 2. The van der Waals surface area contributed by atoms with Gasteiger partial charge in [-0.15, -0.1) is 0 Å². The van der Waals surface area contributed by atoms with Gasteiger partial charge in [-0.05, 0) is 48.4 Å². The zero-order valence-electron chi connectivity index (χ0n) is 17.8. The Morgan fingerprint density at radius 3 is 2.29 bits per heavy atom. The van der Waals surface area contributed by atoms with Gasteiger partial charge in [-0.3, -0.25) is 9.59 Å². The number of methoxy groups -OCH3 is 3. The average Bonchev–Trinajstić information content (AvgIpc) is 3.23. The molecule has 1 amide bonds. The largest absolute Gasteiger partial charge is 0.497 e. The quantitative estimate of drug-likeness (QED) is 0.657. The summed E-state index contributed by atoms with van der Waals surface area (Å²) in [6, 6.07) is 12.6. The molecule has 1 unspecified atom stereocenters. The SMILES string of the molecule is COc1ccc(C2=NN(C(=O)CCCC(=O)O)C(c3ccc(OC)cc3OC)C2)cc1. The number of rotatable bonds is 9. The van der Waals surface area contributed by atoms with Gasteiger partial charge in [0.05, 0.1) is 33.1 Å². The van der Waals surface area contributed by atoms with Crippen LogP contribution < -0.4 is 14.2 Å². The van der Waals surface area contributed by atoms with Gasteiger partial charge in [0.1, 0.15) is 17.2 Å². The van der Waals surface area contributed by atoms with Crippen molar-refractivity contribution in [2.24, 2.45) is 5.10 Å². The molecule has 2 aromatic carbocycles. The van der Waals surface area contributed by atoms with Crippen LogP contribution in [0.4, 0.5) is 0 Å². The molecule has 0 bridgehead atoms. The Hall–Kier alpha value is -3.55. The van der Waals surface area contributed by atoms with Crippen LogP contribution in [0.2, 0.25) is 0 Å². The minimum absolute atomic E-state index is 0.0643. The van der Waals surface area contributed by atoms with Crippen LogP contribution in [0.5, 0.6) is 17.2 Å². The highest BCUT2D eigenvalue weighted by Crippen LogP contribution is 2.39. The molecule has 1 atom stereocenters. The van der Waals surface area contributed by atoms with Crippen LogP contribution >= 0.6 is 0 Å². The van der Waals surface area contributed by atoms with E-state index in [4.69, 9.17) is 19.3 Å². The number of benzene rings is 2. The third-order valence-corrected chi connectivity index (χ3v) is 5.17. The van der Waals surface area contributed by atoms with Gasteiger partial charge in [-0.25, -0.2) is 5.01 Å². The second-order valence-corrected chi connectivity index (χ2v) is 7.09. The van der Waals surface area contributed by atoms with Crippen LogP contribution in [0.15, 0.2) is 47.6 Å². The van der Waals surface area contributed by atoms with E-state index in [2.05, 4.69) is 5.10 Å². The highest BCUT2D eigenvalue weighted by molar-refractivity contribution is 6.03. The van der Waals surface area contributed by atoms with E-state index in [-0.39, 0.29) is 31.2 Å². The fourth-order valence-corrected chi connectivity index (χ4v) is 3.54. The highest BCUT2D eigenvalue weighted by atomic mass is 16.5. The van der Waals surface area contributed by atoms with Crippen LogP contribution in [0.3, 0.4) is 0 Å². The van der Waals surface area contributed by atoms with Crippen molar-refractivity contribution >= 4 is 17.6 Å². The molecule has 1 aliphatic rings. The van der Waals surface area contributed by atoms with E-state index in [0.717, 1.165) is 22.6 Å². The summed E-state index contributed by atoms with van der Waals surface area (Å²) in [6.07, 6.45) is 0.788. The number of hydrogen-bond acceptors (Lipinski definition) is 6. The molecule has 1 N–H and O–H groups in total. The fraction of sp³-hybridized carbons (Fsp3) is 0.348. The molecule has 0 saturated carbocycles. The normalized spacial score (nSPS) is 15.4. The van der Waals surface area contributed by atoms with Crippen molar-refractivity contribution in [1.82, 2.24) is 5.01 Å². The zero-order valence-corrected chi connectivity index (χ0v) is 17.8. The van der Waals surface area contributed by atoms with E-state index < -0.39 is 5.97 Å². The van der Waals surface area contributed by atoms with Crippen molar-refractivity contribution in [1.29, 1.82) is 0 Å². The van der Waals surface area contributed by atoms with E-state index in [0.29, 0.717) is 17.9 Å². The second-order valence-electron chi connectivity index (χ2n) is 7.09. The Balaban J connectivity index is 1.92. The zero-order chi connectivity index (χ0) is 22.4. The standard InChI is InChI=1S/C23H26N2O6/c1-29-16-9-7-15(8-10-16)19-14-20(18-12-11-17(30-2)13-21(18)31-3)25(24-19)22(26)5-4-6-23(27)28/h7-13,20H,4-6,14H2,1-3H3,(H,27,28). The molecule has 1 aliphatic heterocycles. The van der Waals surface area contributed by atoms with Gasteiger partial charge in [-0.2, -0.15) is 5.10 Å². The van der Waals surface area contributed by atoms with Crippen molar-refractivity contribution in [3.63, 3.8) is 0 Å². The number of aliphatic carboxylic acids is 1. The number of ether oxygens (including phenoxy) is 3. The van der Waals surface area contributed by atoms with Gasteiger partial charge in [0.15, 0.2) is 0 Å². The molecular formula is C23H26N2O6. The molecule has 0 saturated heterocycles. The molecule has 0 aromatic heterocycles. The van der Waals surface area contributed by atoms with E-state index in [1.54, 1.807) is 27.4 Å². The summed E-state index contributed by atoms with van der Waals surface area (Å²) >= 11 is 0. The molecule has 0 radical (unpaired) electrons. The van der Waals surface area contributed by atoms with Crippen molar-refractivity contribution in [3.8, 4) is 17.2 Å². The first-order chi connectivity index (χ1) is 15.0. The predicted molar refractivity (Wildman–Crippen MR) is 115 cm³/mol. The number of carboxylic acid groups (broad SMARTS) is 1. The lowest BCUT2D eigenvalue weighted by Gasteiger charge is -2.24. The maximum absolute atomic E-state index is 13.0. The first-order valence-electron chi connectivity index (χ1n) is 9.94. The summed E-state index contributed by atoms with van der Waals surface area (Å²) in [5.41, 5.74) is 2.46. The van der Waals surface area contributed by atoms with Crippen molar-refractivity contribution in [3.05, 3.63) is 53.6 Å². The van der Waals surface area contributed by atoms with Gasteiger partial charge in [0, 0.05) is 30.9 Å². The Labute approximate surface area is 181 Å². The molecule has 31 heavy (non-hydrogen) atoms.